The van der Waals surface area contributed by atoms with Gasteiger partial charge in [-0.25, -0.2) is 0 Å². The van der Waals surface area contributed by atoms with Crippen molar-refractivity contribution in [1.29, 1.82) is 0 Å². The number of fused-ring (bicyclic) bond motifs is 2. The van der Waals surface area contributed by atoms with Gasteiger partial charge in [-0.2, -0.15) is 0 Å². The predicted molar refractivity (Wildman–Crippen MR) is 84.5 cm³/mol. The number of nitrogens with zero attached hydrogens (tertiary/aromatic N) is 1. The zero-order valence-electron chi connectivity index (χ0n) is 12.6. The van der Waals surface area contributed by atoms with Crippen LogP contribution in [0, 0.1) is 5.92 Å². The van der Waals surface area contributed by atoms with Gasteiger partial charge in [-0.15, -0.1) is 0 Å². The zero-order valence-corrected chi connectivity index (χ0v) is 12.6. The molecule has 1 aromatic carbocycles. The van der Waals surface area contributed by atoms with Crippen molar-refractivity contribution in [3.63, 3.8) is 0 Å². The van der Waals surface area contributed by atoms with Crippen molar-refractivity contribution in [2.45, 2.75) is 43.9 Å². The molecule has 0 radical (unpaired) electrons. The molecule has 2 aliphatic heterocycles. The van der Waals surface area contributed by atoms with Crippen LogP contribution in [0.3, 0.4) is 0 Å². The zero-order chi connectivity index (χ0) is 14.3. The van der Waals surface area contributed by atoms with Crippen molar-refractivity contribution >= 4 is 11.6 Å². The number of hydrogen-bond donors (Lipinski definition) is 1. The van der Waals surface area contributed by atoms with Gasteiger partial charge in [0, 0.05) is 24.2 Å². The summed E-state index contributed by atoms with van der Waals surface area (Å²) >= 11 is 0. The van der Waals surface area contributed by atoms with Crippen molar-refractivity contribution in [1.82, 2.24) is 5.32 Å². The Morgan fingerprint density at radius 1 is 1.19 bits per heavy atom. The van der Waals surface area contributed by atoms with E-state index in [-0.39, 0.29) is 11.3 Å². The van der Waals surface area contributed by atoms with E-state index in [2.05, 4.69) is 34.5 Å². The fourth-order valence-corrected chi connectivity index (χ4v) is 4.59. The van der Waals surface area contributed by atoms with Crippen LogP contribution in [0.25, 0.3) is 0 Å². The van der Waals surface area contributed by atoms with Crippen LogP contribution in [0.2, 0.25) is 0 Å². The first-order valence-corrected chi connectivity index (χ1v) is 8.42. The SMILES string of the molecule is O=C(C1CCCNC1)N1CC2(CCCC2)c2ccccc21. The van der Waals surface area contributed by atoms with Gasteiger partial charge in [0.1, 0.15) is 0 Å². The van der Waals surface area contributed by atoms with Crippen LogP contribution in [-0.4, -0.2) is 25.5 Å². The van der Waals surface area contributed by atoms with E-state index in [1.165, 1.54) is 36.9 Å². The monoisotopic (exact) mass is 284 g/mol. The Labute approximate surface area is 126 Å². The third-order valence-electron chi connectivity index (χ3n) is 5.70. The van der Waals surface area contributed by atoms with Gasteiger partial charge in [0.05, 0.1) is 5.92 Å². The molecule has 3 aliphatic rings. The minimum absolute atomic E-state index is 0.170. The molecule has 21 heavy (non-hydrogen) atoms. The summed E-state index contributed by atoms with van der Waals surface area (Å²) in [6.07, 6.45) is 7.27. The molecule has 1 N–H and O–H groups in total. The molecular weight excluding hydrogens is 260 g/mol. The fraction of sp³-hybridized carbons (Fsp3) is 0.611. The summed E-state index contributed by atoms with van der Waals surface area (Å²) in [7, 11) is 0. The first-order chi connectivity index (χ1) is 10.3. The standard InChI is InChI=1S/C18H24N2O/c21-17(14-6-5-11-19-12-14)20-13-18(9-3-4-10-18)15-7-1-2-8-16(15)20/h1-2,7-8,14,19H,3-6,9-13H2. The molecule has 1 aromatic rings. The lowest BCUT2D eigenvalue weighted by Crippen LogP contribution is -2.44. The van der Waals surface area contributed by atoms with Gasteiger partial charge >= 0.3 is 0 Å². The van der Waals surface area contributed by atoms with E-state index in [4.69, 9.17) is 0 Å². The Kier molecular flexibility index (Phi) is 3.26. The number of carbonyl (C=O) groups excluding carboxylic acids is 1. The normalized spacial score (nSPS) is 27.0. The molecule has 1 atom stereocenters. The molecule has 1 unspecified atom stereocenters. The summed E-state index contributed by atoms with van der Waals surface area (Å²) in [5.41, 5.74) is 2.88. The summed E-state index contributed by atoms with van der Waals surface area (Å²) in [5.74, 6) is 0.516. The molecule has 2 fully saturated rings. The molecule has 1 amide bonds. The summed E-state index contributed by atoms with van der Waals surface area (Å²) < 4.78 is 0. The molecule has 3 heteroatoms. The van der Waals surface area contributed by atoms with Crippen LogP contribution in [0.1, 0.15) is 44.1 Å². The maximum Gasteiger partial charge on any atom is 0.231 e. The van der Waals surface area contributed by atoms with Crippen LogP contribution in [0.5, 0.6) is 0 Å². The molecule has 112 valence electrons. The summed E-state index contributed by atoms with van der Waals surface area (Å²) in [5, 5.41) is 3.38. The van der Waals surface area contributed by atoms with Crippen LogP contribution in [-0.2, 0) is 10.2 Å². The Morgan fingerprint density at radius 3 is 2.76 bits per heavy atom. The number of benzene rings is 1. The van der Waals surface area contributed by atoms with E-state index in [0.717, 1.165) is 32.5 Å². The van der Waals surface area contributed by atoms with Crippen molar-refractivity contribution in [2.24, 2.45) is 5.92 Å². The third-order valence-corrected chi connectivity index (χ3v) is 5.70. The van der Waals surface area contributed by atoms with Gasteiger partial charge in [-0.05, 0) is 43.9 Å². The Balaban J connectivity index is 1.66. The highest BCUT2D eigenvalue weighted by molar-refractivity contribution is 5.98. The molecule has 3 nitrogen and oxygen atoms in total. The molecular formula is C18H24N2O. The first kappa shape index (κ1) is 13.3. The highest BCUT2D eigenvalue weighted by Gasteiger charge is 2.46. The highest BCUT2D eigenvalue weighted by Crippen LogP contribution is 2.50. The molecule has 1 saturated heterocycles. The third kappa shape index (κ3) is 2.10. The quantitative estimate of drug-likeness (QED) is 0.860. The molecule has 2 heterocycles. The summed E-state index contributed by atoms with van der Waals surface area (Å²) in [6.45, 7) is 2.83. The van der Waals surface area contributed by atoms with Gasteiger partial charge in [-0.1, -0.05) is 31.0 Å². The van der Waals surface area contributed by atoms with Gasteiger partial charge < -0.3 is 10.2 Å². The maximum atomic E-state index is 13.0. The average Bonchev–Trinajstić information content (AvgIpc) is 3.15. The highest BCUT2D eigenvalue weighted by atomic mass is 16.2. The summed E-state index contributed by atoms with van der Waals surface area (Å²) in [4.78, 5) is 15.1. The van der Waals surface area contributed by atoms with Crippen molar-refractivity contribution in [3.8, 4) is 0 Å². The number of anilines is 1. The van der Waals surface area contributed by atoms with E-state index < -0.39 is 0 Å². The number of piperidine rings is 1. The van der Waals surface area contributed by atoms with Gasteiger partial charge in [0.15, 0.2) is 0 Å². The number of rotatable bonds is 1. The lowest BCUT2D eigenvalue weighted by atomic mass is 9.81. The Morgan fingerprint density at radius 2 is 2.00 bits per heavy atom. The summed E-state index contributed by atoms with van der Waals surface area (Å²) in [6, 6.07) is 8.62. The minimum Gasteiger partial charge on any atom is -0.316 e. The molecule has 1 saturated carbocycles. The average molecular weight is 284 g/mol. The number of carbonyl (C=O) groups is 1. The minimum atomic E-state index is 0.170. The molecule has 0 bridgehead atoms. The lowest BCUT2D eigenvalue weighted by molar-refractivity contribution is -0.122. The lowest BCUT2D eigenvalue weighted by Gasteiger charge is -2.29. The number of hydrogen-bond acceptors (Lipinski definition) is 2. The predicted octanol–water partition coefficient (Wildman–Crippen LogP) is 2.84. The smallest absolute Gasteiger partial charge is 0.231 e. The van der Waals surface area contributed by atoms with E-state index in [1.54, 1.807) is 0 Å². The van der Waals surface area contributed by atoms with Crippen molar-refractivity contribution in [3.05, 3.63) is 29.8 Å². The van der Waals surface area contributed by atoms with E-state index >= 15 is 0 Å². The molecule has 4 rings (SSSR count). The second-order valence-electron chi connectivity index (χ2n) is 6.97. The van der Waals surface area contributed by atoms with Crippen molar-refractivity contribution < 1.29 is 4.79 Å². The van der Waals surface area contributed by atoms with Gasteiger partial charge in [-0.3, -0.25) is 4.79 Å². The number of nitrogens with one attached hydrogen (secondary N) is 1. The van der Waals surface area contributed by atoms with Gasteiger partial charge in [0.2, 0.25) is 5.91 Å². The molecule has 1 spiro atoms. The second kappa shape index (κ2) is 5.13. The van der Waals surface area contributed by atoms with Crippen LogP contribution >= 0.6 is 0 Å². The molecule has 1 aliphatic carbocycles. The van der Waals surface area contributed by atoms with E-state index in [1.807, 2.05) is 0 Å². The van der Waals surface area contributed by atoms with E-state index in [0.29, 0.717) is 5.91 Å². The Hall–Kier alpha value is -1.35. The second-order valence-corrected chi connectivity index (χ2v) is 6.97. The van der Waals surface area contributed by atoms with Crippen LogP contribution in [0.15, 0.2) is 24.3 Å². The fourth-order valence-electron chi connectivity index (χ4n) is 4.59. The topological polar surface area (TPSA) is 32.3 Å². The maximum absolute atomic E-state index is 13.0. The van der Waals surface area contributed by atoms with Crippen LogP contribution < -0.4 is 10.2 Å². The largest absolute Gasteiger partial charge is 0.316 e. The molecule has 0 aromatic heterocycles. The number of amides is 1. The van der Waals surface area contributed by atoms with E-state index in [9.17, 15) is 4.79 Å². The van der Waals surface area contributed by atoms with Gasteiger partial charge in [0.25, 0.3) is 0 Å². The number of para-hydroxylation sites is 1. The van der Waals surface area contributed by atoms with Crippen LogP contribution in [0.4, 0.5) is 5.69 Å². The Bertz CT molecular complexity index is 542. The first-order valence-electron chi connectivity index (χ1n) is 8.42. The van der Waals surface area contributed by atoms with Crippen molar-refractivity contribution in [2.75, 3.05) is 24.5 Å².